The Balaban J connectivity index is 1.93. The van der Waals surface area contributed by atoms with Crippen LogP contribution in [0.3, 0.4) is 0 Å². The number of hydrogen-bond donors (Lipinski definition) is 1. The van der Waals surface area contributed by atoms with Crippen LogP contribution in [0.1, 0.15) is 65.2 Å². The second-order valence-electron chi connectivity index (χ2n) is 7.12. The summed E-state index contributed by atoms with van der Waals surface area (Å²) in [6, 6.07) is 0. The highest BCUT2D eigenvalue weighted by Crippen LogP contribution is 2.38. The Hall–Kier alpha value is -0.0800. The van der Waals surface area contributed by atoms with Gasteiger partial charge < -0.3 is 9.84 Å². The van der Waals surface area contributed by atoms with Crippen molar-refractivity contribution in [3.63, 3.8) is 0 Å². The van der Waals surface area contributed by atoms with E-state index in [1.165, 1.54) is 51.4 Å². The molecule has 0 aromatic rings. The van der Waals surface area contributed by atoms with E-state index in [1.807, 2.05) is 0 Å². The number of aliphatic hydroxyl groups excluding tert-OH is 1. The van der Waals surface area contributed by atoms with Gasteiger partial charge in [-0.3, -0.25) is 0 Å². The Morgan fingerprint density at radius 1 is 0.895 bits per heavy atom. The second kappa shape index (κ2) is 7.08. The fourth-order valence-corrected chi connectivity index (χ4v) is 4.24. The number of ether oxygens (including phenoxy) is 1. The minimum atomic E-state index is -0.247. The van der Waals surface area contributed by atoms with Gasteiger partial charge in [0.1, 0.15) is 0 Å². The normalized spacial score (nSPS) is 36.9. The van der Waals surface area contributed by atoms with Crippen molar-refractivity contribution in [3.05, 3.63) is 0 Å². The monoisotopic (exact) mass is 268 g/mol. The fourth-order valence-electron chi connectivity index (χ4n) is 4.24. The molecule has 2 aliphatic rings. The SMILES string of the molecule is COC(C1CCCCC1)C(O)C1CCC(C)C(C)C1. The van der Waals surface area contributed by atoms with E-state index in [-0.39, 0.29) is 12.2 Å². The van der Waals surface area contributed by atoms with E-state index in [4.69, 9.17) is 4.74 Å². The van der Waals surface area contributed by atoms with Crippen LogP contribution in [0, 0.1) is 23.7 Å². The lowest BCUT2D eigenvalue weighted by Gasteiger charge is -2.40. The van der Waals surface area contributed by atoms with Crippen molar-refractivity contribution < 1.29 is 9.84 Å². The van der Waals surface area contributed by atoms with Gasteiger partial charge in [-0.15, -0.1) is 0 Å². The molecule has 0 spiro atoms. The highest BCUT2D eigenvalue weighted by Gasteiger charge is 2.37. The molecule has 0 heterocycles. The van der Waals surface area contributed by atoms with Gasteiger partial charge in [-0.2, -0.15) is 0 Å². The molecule has 1 N–H and O–H groups in total. The van der Waals surface area contributed by atoms with Gasteiger partial charge in [0.2, 0.25) is 0 Å². The average molecular weight is 268 g/mol. The maximum absolute atomic E-state index is 10.8. The van der Waals surface area contributed by atoms with E-state index >= 15 is 0 Å². The van der Waals surface area contributed by atoms with Crippen LogP contribution in [0.2, 0.25) is 0 Å². The van der Waals surface area contributed by atoms with Crippen molar-refractivity contribution >= 4 is 0 Å². The summed E-state index contributed by atoms with van der Waals surface area (Å²) in [7, 11) is 1.79. The zero-order chi connectivity index (χ0) is 13.8. The van der Waals surface area contributed by atoms with Crippen molar-refractivity contribution in [2.75, 3.05) is 7.11 Å². The van der Waals surface area contributed by atoms with Gasteiger partial charge >= 0.3 is 0 Å². The first-order valence-corrected chi connectivity index (χ1v) is 8.34. The first kappa shape index (κ1) is 15.3. The van der Waals surface area contributed by atoms with Gasteiger partial charge in [-0.1, -0.05) is 39.5 Å². The van der Waals surface area contributed by atoms with Gasteiger partial charge in [-0.25, -0.2) is 0 Å². The van der Waals surface area contributed by atoms with Crippen LogP contribution in [0.5, 0.6) is 0 Å². The highest BCUT2D eigenvalue weighted by molar-refractivity contribution is 4.87. The van der Waals surface area contributed by atoms with E-state index in [1.54, 1.807) is 7.11 Å². The van der Waals surface area contributed by atoms with Crippen LogP contribution in [-0.2, 0) is 4.74 Å². The molecule has 2 nitrogen and oxygen atoms in total. The summed E-state index contributed by atoms with van der Waals surface area (Å²) >= 11 is 0. The molecule has 2 heteroatoms. The molecule has 2 rings (SSSR count). The Morgan fingerprint density at radius 3 is 2.16 bits per heavy atom. The third-order valence-corrected chi connectivity index (χ3v) is 5.84. The average Bonchev–Trinajstić information content (AvgIpc) is 2.44. The topological polar surface area (TPSA) is 29.5 Å². The second-order valence-corrected chi connectivity index (χ2v) is 7.12. The highest BCUT2D eigenvalue weighted by atomic mass is 16.5. The Morgan fingerprint density at radius 2 is 1.58 bits per heavy atom. The first-order chi connectivity index (χ1) is 9.13. The molecule has 112 valence electrons. The van der Waals surface area contributed by atoms with Crippen LogP contribution in [-0.4, -0.2) is 24.4 Å². The summed E-state index contributed by atoms with van der Waals surface area (Å²) < 4.78 is 5.72. The number of aliphatic hydroxyl groups is 1. The lowest BCUT2D eigenvalue weighted by Crippen LogP contribution is -2.43. The molecule has 0 amide bonds. The molecule has 0 aromatic carbocycles. The third kappa shape index (κ3) is 3.72. The summed E-state index contributed by atoms with van der Waals surface area (Å²) in [5, 5.41) is 10.8. The summed E-state index contributed by atoms with van der Waals surface area (Å²) in [5.74, 6) is 2.61. The van der Waals surface area contributed by atoms with Crippen molar-refractivity contribution in [1.29, 1.82) is 0 Å². The van der Waals surface area contributed by atoms with Crippen LogP contribution < -0.4 is 0 Å². The Labute approximate surface area is 118 Å². The van der Waals surface area contributed by atoms with Gasteiger partial charge in [-0.05, 0) is 49.4 Å². The van der Waals surface area contributed by atoms with Crippen molar-refractivity contribution in [2.45, 2.75) is 77.4 Å². The molecule has 2 aliphatic carbocycles. The molecular formula is C17H32O2. The lowest BCUT2D eigenvalue weighted by atomic mass is 9.71. The Kier molecular flexibility index (Phi) is 5.70. The molecule has 2 fully saturated rings. The lowest BCUT2D eigenvalue weighted by molar-refractivity contribution is -0.0892. The molecule has 0 saturated heterocycles. The summed E-state index contributed by atoms with van der Waals surface area (Å²) in [5.41, 5.74) is 0. The Bertz CT molecular complexity index is 260. The molecule has 0 radical (unpaired) electrons. The quantitative estimate of drug-likeness (QED) is 0.834. The molecule has 0 bridgehead atoms. The molecule has 5 unspecified atom stereocenters. The van der Waals surface area contributed by atoms with Gasteiger partial charge in [0.25, 0.3) is 0 Å². The summed E-state index contributed by atoms with van der Waals surface area (Å²) in [6.45, 7) is 4.69. The van der Waals surface area contributed by atoms with Crippen molar-refractivity contribution in [2.24, 2.45) is 23.7 Å². The number of hydrogen-bond acceptors (Lipinski definition) is 2. The molecule has 19 heavy (non-hydrogen) atoms. The minimum absolute atomic E-state index is 0.0749. The molecular weight excluding hydrogens is 236 g/mol. The van der Waals surface area contributed by atoms with Crippen LogP contribution in [0.4, 0.5) is 0 Å². The van der Waals surface area contributed by atoms with Crippen LogP contribution in [0.25, 0.3) is 0 Å². The predicted octanol–water partition coefficient (Wildman–Crippen LogP) is 4.01. The van der Waals surface area contributed by atoms with Gasteiger partial charge in [0, 0.05) is 7.11 Å². The molecule has 0 aliphatic heterocycles. The third-order valence-electron chi connectivity index (χ3n) is 5.84. The number of methoxy groups -OCH3 is 1. The molecule has 5 atom stereocenters. The fraction of sp³-hybridized carbons (Fsp3) is 1.00. The van der Waals surface area contributed by atoms with E-state index < -0.39 is 0 Å². The first-order valence-electron chi connectivity index (χ1n) is 8.34. The number of rotatable bonds is 4. The standard InChI is InChI=1S/C17H32O2/c1-12-9-10-15(11-13(12)2)16(18)17(19-3)14-7-5-4-6-8-14/h12-18H,4-11H2,1-3H3. The van der Waals surface area contributed by atoms with Gasteiger partial charge in [0.15, 0.2) is 0 Å². The minimum Gasteiger partial charge on any atom is -0.390 e. The maximum Gasteiger partial charge on any atom is 0.0860 e. The predicted molar refractivity (Wildman–Crippen MR) is 79.0 cm³/mol. The van der Waals surface area contributed by atoms with E-state index in [2.05, 4.69) is 13.8 Å². The van der Waals surface area contributed by atoms with Crippen LogP contribution in [0.15, 0.2) is 0 Å². The maximum atomic E-state index is 10.8. The van der Waals surface area contributed by atoms with Crippen LogP contribution >= 0.6 is 0 Å². The summed E-state index contributed by atoms with van der Waals surface area (Å²) in [6.07, 6.45) is 9.93. The summed E-state index contributed by atoms with van der Waals surface area (Å²) in [4.78, 5) is 0. The zero-order valence-corrected chi connectivity index (χ0v) is 13.0. The molecule has 0 aromatic heterocycles. The van der Waals surface area contributed by atoms with E-state index in [0.29, 0.717) is 11.8 Å². The van der Waals surface area contributed by atoms with E-state index in [0.717, 1.165) is 11.8 Å². The van der Waals surface area contributed by atoms with Crippen molar-refractivity contribution in [1.82, 2.24) is 0 Å². The van der Waals surface area contributed by atoms with Crippen molar-refractivity contribution in [3.8, 4) is 0 Å². The van der Waals surface area contributed by atoms with Gasteiger partial charge in [0.05, 0.1) is 12.2 Å². The van der Waals surface area contributed by atoms with E-state index in [9.17, 15) is 5.11 Å². The molecule has 2 saturated carbocycles. The zero-order valence-electron chi connectivity index (χ0n) is 13.0. The smallest absolute Gasteiger partial charge is 0.0860 e. The largest absolute Gasteiger partial charge is 0.390 e.